The Balaban J connectivity index is 1.98. The van der Waals surface area contributed by atoms with Gasteiger partial charge in [-0.2, -0.15) is 0 Å². The van der Waals surface area contributed by atoms with Gasteiger partial charge in [0.05, 0.1) is 24.6 Å². The van der Waals surface area contributed by atoms with Crippen LogP contribution in [0.4, 0.5) is 0 Å². The van der Waals surface area contributed by atoms with E-state index in [0.717, 1.165) is 11.5 Å². The first kappa shape index (κ1) is 10.1. The molecule has 2 heterocycles. The standard InChI is InChI=1S/C12H15NO2/c1-9(11-5-3-7-14-11)13-10(2)12-6-4-8-15-12/h3-10,13H,1-2H3. The lowest BCUT2D eigenvalue weighted by Crippen LogP contribution is -2.21. The fraction of sp³-hybridized carbons (Fsp3) is 0.333. The molecule has 3 nitrogen and oxygen atoms in total. The summed E-state index contributed by atoms with van der Waals surface area (Å²) in [6.45, 7) is 4.14. The van der Waals surface area contributed by atoms with E-state index in [0.29, 0.717) is 0 Å². The van der Waals surface area contributed by atoms with Crippen LogP contribution in [-0.4, -0.2) is 0 Å². The first-order valence-electron chi connectivity index (χ1n) is 5.10. The molecule has 2 atom stereocenters. The number of hydrogen-bond acceptors (Lipinski definition) is 3. The van der Waals surface area contributed by atoms with Gasteiger partial charge in [-0.05, 0) is 38.1 Å². The van der Waals surface area contributed by atoms with Crippen molar-refractivity contribution in [2.75, 3.05) is 0 Å². The summed E-state index contributed by atoms with van der Waals surface area (Å²) in [5.41, 5.74) is 0. The topological polar surface area (TPSA) is 38.3 Å². The van der Waals surface area contributed by atoms with Gasteiger partial charge in [0.15, 0.2) is 0 Å². The molecule has 1 N–H and O–H groups in total. The number of rotatable bonds is 4. The molecule has 0 saturated carbocycles. The molecule has 0 aliphatic carbocycles. The summed E-state index contributed by atoms with van der Waals surface area (Å²) in [4.78, 5) is 0. The average Bonchev–Trinajstić information content (AvgIpc) is 2.91. The van der Waals surface area contributed by atoms with Gasteiger partial charge in [0.2, 0.25) is 0 Å². The van der Waals surface area contributed by atoms with Crippen LogP contribution in [0.2, 0.25) is 0 Å². The van der Waals surface area contributed by atoms with Gasteiger partial charge in [-0.15, -0.1) is 0 Å². The maximum Gasteiger partial charge on any atom is 0.120 e. The minimum Gasteiger partial charge on any atom is -0.468 e. The van der Waals surface area contributed by atoms with Crippen molar-refractivity contribution in [1.29, 1.82) is 0 Å². The highest BCUT2D eigenvalue weighted by molar-refractivity contribution is 5.07. The number of furan rings is 2. The molecule has 3 heteroatoms. The zero-order valence-electron chi connectivity index (χ0n) is 8.94. The van der Waals surface area contributed by atoms with Crippen molar-refractivity contribution in [3.8, 4) is 0 Å². The Labute approximate surface area is 89.1 Å². The molecule has 15 heavy (non-hydrogen) atoms. The quantitative estimate of drug-likeness (QED) is 0.832. The van der Waals surface area contributed by atoms with Gasteiger partial charge in [0.25, 0.3) is 0 Å². The molecule has 0 bridgehead atoms. The smallest absolute Gasteiger partial charge is 0.120 e. The third-order valence-corrected chi connectivity index (χ3v) is 2.44. The maximum atomic E-state index is 5.32. The molecule has 80 valence electrons. The van der Waals surface area contributed by atoms with E-state index in [4.69, 9.17) is 8.83 Å². The van der Waals surface area contributed by atoms with Crippen molar-refractivity contribution in [2.45, 2.75) is 25.9 Å². The third-order valence-electron chi connectivity index (χ3n) is 2.44. The normalized spacial score (nSPS) is 15.1. The van der Waals surface area contributed by atoms with Crippen molar-refractivity contribution in [1.82, 2.24) is 5.32 Å². The lowest BCUT2D eigenvalue weighted by atomic mass is 10.2. The second kappa shape index (κ2) is 4.36. The molecule has 0 fully saturated rings. The first-order chi connectivity index (χ1) is 7.27. The van der Waals surface area contributed by atoms with E-state index in [9.17, 15) is 0 Å². The van der Waals surface area contributed by atoms with Gasteiger partial charge >= 0.3 is 0 Å². The Morgan fingerprint density at radius 1 is 0.933 bits per heavy atom. The average molecular weight is 205 g/mol. The Morgan fingerprint density at radius 3 is 1.73 bits per heavy atom. The Kier molecular flexibility index (Phi) is 2.92. The van der Waals surface area contributed by atoms with Crippen LogP contribution < -0.4 is 5.32 Å². The maximum absolute atomic E-state index is 5.32. The van der Waals surface area contributed by atoms with E-state index in [-0.39, 0.29) is 12.1 Å². The number of nitrogens with one attached hydrogen (secondary N) is 1. The van der Waals surface area contributed by atoms with Crippen molar-refractivity contribution in [2.24, 2.45) is 0 Å². The first-order valence-corrected chi connectivity index (χ1v) is 5.10. The second-order valence-electron chi connectivity index (χ2n) is 3.64. The molecular formula is C12H15NO2. The SMILES string of the molecule is CC(NC(C)c1ccco1)c1ccco1. The molecule has 2 aromatic rings. The Hall–Kier alpha value is -1.48. The molecule has 0 radical (unpaired) electrons. The van der Waals surface area contributed by atoms with E-state index in [2.05, 4.69) is 19.2 Å². The monoisotopic (exact) mass is 205 g/mol. The highest BCUT2D eigenvalue weighted by Gasteiger charge is 2.14. The molecule has 2 rings (SSSR count). The summed E-state index contributed by atoms with van der Waals surface area (Å²) in [5, 5.41) is 3.40. The zero-order valence-corrected chi connectivity index (χ0v) is 8.94. The lowest BCUT2D eigenvalue weighted by Gasteiger charge is -2.16. The summed E-state index contributed by atoms with van der Waals surface area (Å²) >= 11 is 0. The van der Waals surface area contributed by atoms with Gasteiger partial charge in [-0.1, -0.05) is 0 Å². The fourth-order valence-corrected chi connectivity index (χ4v) is 1.61. The number of hydrogen-bond donors (Lipinski definition) is 1. The van der Waals surface area contributed by atoms with Gasteiger partial charge in [-0.3, -0.25) is 5.32 Å². The van der Waals surface area contributed by atoms with Crippen molar-refractivity contribution < 1.29 is 8.83 Å². The third kappa shape index (κ3) is 2.30. The summed E-state index contributed by atoms with van der Waals surface area (Å²) in [7, 11) is 0. The van der Waals surface area contributed by atoms with E-state index < -0.39 is 0 Å². The summed E-state index contributed by atoms with van der Waals surface area (Å²) in [5.74, 6) is 1.88. The molecular weight excluding hydrogens is 190 g/mol. The van der Waals surface area contributed by atoms with Crippen molar-refractivity contribution in [3.63, 3.8) is 0 Å². The van der Waals surface area contributed by atoms with Crippen molar-refractivity contribution in [3.05, 3.63) is 48.3 Å². The predicted molar refractivity (Wildman–Crippen MR) is 57.4 cm³/mol. The van der Waals surface area contributed by atoms with E-state index >= 15 is 0 Å². The van der Waals surface area contributed by atoms with Gasteiger partial charge in [0, 0.05) is 0 Å². The van der Waals surface area contributed by atoms with Crippen LogP contribution in [-0.2, 0) is 0 Å². The van der Waals surface area contributed by atoms with Crippen molar-refractivity contribution >= 4 is 0 Å². The van der Waals surface area contributed by atoms with Crippen LogP contribution in [0.3, 0.4) is 0 Å². The van der Waals surface area contributed by atoms with Gasteiger partial charge < -0.3 is 8.83 Å². The largest absolute Gasteiger partial charge is 0.468 e. The highest BCUT2D eigenvalue weighted by atomic mass is 16.3. The summed E-state index contributed by atoms with van der Waals surface area (Å²) in [6, 6.07) is 8.08. The minimum absolute atomic E-state index is 0.181. The molecule has 0 aromatic carbocycles. The van der Waals surface area contributed by atoms with E-state index in [1.807, 2.05) is 24.3 Å². The zero-order chi connectivity index (χ0) is 10.7. The van der Waals surface area contributed by atoms with Crippen LogP contribution in [0.1, 0.15) is 37.5 Å². The van der Waals surface area contributed by atoms with Crippen LogP contribution in [0.5, 0.6) is 0 Å². The summed E-state index contributed by atoms with van der Waals surface area (Å²) < 4.78 is 10.6. The second-order valence-corrected chi connectivity index (χ2v) is 3.64. The van der Waals surface area contributed by atoms with Gasteiger partial charge in [0.1, 0.15) is 11.5 Å². The molecule has 0 spiro atoms. The molecule has 2 unspecified atom stereocenters. The molecule has 2 aromatic heterocycles. The fourth-order valence-electron chi connectivity index (χ4n) is 1.61. The van der Waals surface area contributed by atoms with Crippen LogP contribution in [0.15, 0.2) is 45.6 Å². The van der Waals surface area contributed by atoms with Crippen LogP contribution in [0, 0.1) is 0 Å². The van der Waals surface area contributed by atoms with E-state index in [1.165, 1.54) is 0 Å². The molecule has 0 aliphatic rings. The van der Waals surface area contributed by atoms with Gasteiger partial charge in [-0.25, -0.2) is 0 Å². The predicted octanol–water partition coefficient (Wildman–Crippen LogP) is 3.28. The van der Waals surface area contributed by atoms with E-state index in [1.54, 1.807) is 12.5 Å². The van der Waals surface area contributed by atoms with Crippen LogP contribution >= 0.6 is 0 Å². The highest BCUT2D eigenvalue weighted by Crippen LogP contribution is 2.19. The van der Waals surface area contributed by atoms with Crippen LogP contribution in [0.25, 0.3) is 0 Å². The Morgan fingerprint density at radius 2 is 1.40 bits per heavy atom. The summed E-state index contributed by atoms with van der Waals surface area (Å²) in [6.07, 6.45) is 3.37. The lowest BCUT2D eigenvalue weighted by molar-refractivity contribution is 0.366. The molecule has 0 amide bonds. The molecule has 0 aliphatic heterocycles. The Bertz CT molecular complexity index is 339. The molecule has 0 saturated heterocycles. The minimum atomic E-state index is 0.181.